The van der Waals surface area contributed by atoms with E-state index in [9.17, 15) is 4.79 Å². The van der Waals surface area contributed by atoms with Gasteiger partial charge in [0.1, 0.15) is 5.60 Å². The first-order valence-electron chi connectivity index (χ1n) is 6.73. The predicted molar refractivity (Wildman–Crippen MR) is 72.5 cm³/mol. The van der Waals surface area contributed by atoms with E-state index in [1.165, 1.54) is 5.56 Å². The molecule has 1 heterocycles. The SMILES string of the molecule is CC(C)C[C@@H](Cc1ccccc1)C(=O)[C@]1(C)CO1. The van der Waals surface area contributed by atoms with Crippen molar-refractivity contribution in [3.8, 4) is 0 Å². The molecule has 0 radical (unpaired) electrons. The highest BCUT2D eigenvalue weighted by molar-refractivity contribution is 5.91. The highest BCUT2D eigenvalue weighted by atomic mass is 16.6. The molecule has 2 rings (SSSR count). The van der Waals surface area contributed by atoms with Crippen LogP contribution in [0.3, 0.4) is 0 Å². The molecule has 0 bridgehead atoms. The zero-order chi connectivity index (χ0) is 13.2. The van der Waals surface area contributed by atoms with Crippen molar-refractivity contribution in [2.45, 2.75) is 39.2 Å². The summed E-state index contributed by atoms with van der Waals surface area (Å²) in [7, 11) is 0. The van der Waals surface area contributed by atoms with Gasteiger partial charge in [0.05, 0.1) is 6.61 Å². The van der Waals surface area contributed by atoms with Gasteiger partial charge in [-0.3, -0.25) is 4.79 Å². The number of ketones is 1. The molecule has 1 aliphatic rings. The minimum Gasteiger partial charge on any atom is -0.362 e. The van der Waals surface area contributed by atoms with E-state index >= 15 is 0 Å². The van der Waals surface area contributed by atoms with Gasteiger partial charge in [0, 0.05) is 5.92 Å². The lowest BCUT2D eigenvalue weighted by Crippen LogP contribution is -2.31. The summed E-state index contributed by atoms with van der Waals surface area (Å²) in [5.41, 5.74) is 0.745. The topological polar surface area (TPSA) is 29.6 Å². The van der Waals surface area contributed by atoms with E-state index in [0.29, 0.717) is 12.5 Å². The number of benzene rings is 1. The monoisotopic (exact) mass is 246 g/mol. The van der Waals surface area contributed by atoms with Crippen molar-refractivity contribution in [3.05, 3.63) is 35.9 Å². The predicted octanol–water partition coefficient (Wildman–Crippen LogP) is 3.25. The minimum absolute atomic E-state index is 0.0832. The second kappa shape index (κ2) is 5.23. The maximum Gasteiger partial charge on any atom is 0.170 e. The Morgan fingerprint density at radius 3 is 2.44 bits per heavy atom. The van der Waals surface area contributed by atoms with Gasteiger partial charge in [-0.25, -0.2) is 0 Å². The van der Waals surface area contributed by atoms with Crippen LogP contribution in [0.1, 0.15) is 32.8 Å². The van der Waals surface area contributed by atoms with Crippen LogP contribution in [0.5, 0.6) is 0 Å². The first kappa shape index (κ1) is 13.3. The minimum atomic E-state index is -0.492. The molecule has 1 aromatic rings. The van der Waals surface area contributed by atoms with E-state index < -0.39 is 5.60 Å². The van der Waals surface area contributed by atoms with Crippen LogP contribution >= 0.6 is 0 Å². The van der Waals surface area contributed by atoms with Gasteiger partial charge in [-0.1, -0.05) is 44.2 Å². The van der Waals surface area contributed by atoms with Gasteiger partial charge in [-0.2, -0.15) is 0 Å². The number of rotatable bonds is 6. The lowest BCUT2D eigenvalue weighted by Gasteiger charge is -2.20. The van der Waals surface area contributed by atoms with Crippen LogP contribution in [0.15, 0.2) is 30.3 Å². The second-order valence-corrected chi connectivity index (χ2v) is 5.90. The zero-order valence-corrected chi connectivity index (χ0v) is 11.5. The summed E-state index contributed by atoms with van der Waals surface area (Å²) < 4.78 is 5.31. The average Bonchev–Trinajstić information content (AvgIpc) is 3.08. The molecule has 0 saturated carbocycles. The maximum absolute atomic E-state index is 12.4. The summed E-state index contributed by atoms with van der Waals surface area (Å²) in [6, 6.07) is 10.3. The smallest absolute Gasteiger partial charge is 0.170 e. The number of epoxide rings is 1. The van der Waals surface area contributed by atoms with Gasteiger partial charge >= 0.3 is 0 Å². The summed E-state index contributed by atoms with van der Waals surface area (Å²) in [4.78, 5) is 12.4. The molecule has 0 spiro atoms. The van der Waals surface area contributed by atoms with Gasteiger partial charge < -0.3 is 4.74 Å². The highest BCUT2D eigenvalue weighted by Gasteiger charge is 2.49. The third kappa shape index (κ3) is 3.20. The van der Waals surface area contributed by atoms with Gasteiger partial charge in [0.25, 0.3) is 0 Å². The second-order valence-electron chi connectivity index (χ2n) is 5.90. The van der Waals surface area contributed by atoms with Crippen molar-refractivity contribution in [3.63, 3.8) is 0 Å². The largest absolute Gasteiger partial charge is 0.362 e. The molecule has 0 unspecified atom stereocenters. The van der Waals surface area contributed by atoms with E-state index in [1.54, 1.807) is 0 Å². The lowest BCUT2D eigenvalue weighted by molar-refractivity contribution is -0.128. The summed E-state index contributed by atoms with van der Waals surface area (Å²) in [6.45, 7) is 6.84. The molecule has 0 aromatic heterocycles. The van der Waals surface area contributed by atoms with Crippen molar-refractivity contribution in [2.24, 2.45) is 11.8 Å². The Hall–Kier alpha value is -1.15. The molecular weight excluding hydrogens is 224 g/mol. The van der Waals surface area contributed by atoms with Crippen LogP contribution in [0.4, 0.5) is 0 Å². The first-order valence-corrected chi connectivity index (χ1v) is 6.73. The molecule has 1 aliphatic heterocycles. The van der Waals surface area contributed by atoms with Crippen molar-refractivity contribution in [1.29, 1.82) is 0 Å². The van der Waals surface area contributed by atoms with Crippen LogP contribution in [0.25, 0.3) is 0 Å². The molecule has 2 nitrogen and oxygen atoms in total. The van der Waals surface area contributed by atoms with Crippen molar-refractivity contribution in [1.82, 2.24) is 0 Å². The molecule has 1 aromatic carbocycles. The highest BCUT2D eigenvalue weighted by Crippen LogP contribution is 2.33. The molecule has 0 aliphatic carbocycles. The molecule has 0 N–H and O–H groups in total. The number of carbonyl (C=O) groups is 1. The molecule has 18 heavy (non-hydrogen) atoms. The van der Waals surface area contributed by atoms with Gasteiger partial charge in [0.2, 0.25) is 0 Å². The Bertz CT molecular complexity index is 404. The molecule has 0 amide bonds. The maximum atomic E-state index is 12.4. The fourth-order valence-electron chi connectivity index (χ4n) is 2.43. The fourth-order valence-corrected chi connectivity index (χ4v) is 2.43. The number of ether oxygens (including phenoxy) is 1. The Labute approximate surface area is 109 Å². The summed E-state index contributed by atoms with van der Waals surface area (Å²) >= 11 is 0. The van der Waals surface area contributed by atoms with Crippen LogP contribution in [-0.2, 0) is 16.0 Å². The Kier molecular flexibility index (Phi) is 3.86. The average molecular weight is 246 g/mol. The summed E-state index contributed by atoms with van der Waals surface area (Å²) in [5, 5.41) is 0. The van der Waals surface area contributed by atoms with E-state index in [4.69, 9.17) is 4.74 Å². The molecule has 2 heteroatoms. The van der Waals surface area contributed by atoms with Gasteiger partial charge in [-0.15, -0.1) is 0 Å². The van der Waals surface area contributed by atoms with E-state index in [0.717, 1.165) is 12.8 Å². The molecule has 2 atom stereocenters. The lowest BCUT2D eigenvalue weighted by atomic mass is 9.83. The van der Waals surface area contributed by atoms with Crippen molar-refractivity contribution < 1.29 is 9.53 Å². The quantitative estimate of drug-likeness (QED) is 0.721. The zero-order valence-electron chi connectivity index (χ0n) is 11.5. The van der Waals surface area contributed by atoms with Gasteiger partial charge in [0.15, 0.2) is 5.78 Å². The Morgan fingerprint density at radius 1 is 1.33 bits per heavy atom. The molecule has 1 saturated heterocycles. The first-order chi connectivity index (χ1) is 8.51. The van der Waals surface area contributed by atoms with E-state index in [2.05, 4.69) is 26.0 Å². The Balaban J connectivity index is 2.08. The number of hydrogen-bond donors (Lipinski definition) is 0. The standard InChI is InChI=1S/C16H22O2/c1-12(2)9-14(15(17)16(3)11-18-16)10-13-7-5-4-6-8-13/h4-8,12,14H,9-11H2,1-3H3/t14-,16-/m0/s1. The van der Waals surface area contributed by atoms with Crippen molar-refractivity contribution in [2.75, 3.05) is 6.61 Å². The third-order valence-corrected chi connectivity index (χ3v) is 3.55. The van der Waals surface area contributed by atoms with Crippen LogP contribution in [0, 0.1) is 11.8 Å². The fraction of sp³-hybridized carbons (Fsp3) is 0.562. The Morgan fingerprint density at radius 2 is 1.94 bits per heavy atom. The van der Waals surface area contributed by atoms with Gasteiger partial charge in [-0.05, 0) is 31.2 Å². The third-order valence-electron chi connectivity index (χ3n) is 3.55. The van der Waals surface area contributed by atoms with Crippen LogP contribution in [0.2, 0.25) is 0 Å². The van der Waals surface area contributed by atoms with Crippen LogP contribution < -0.4 is 0 Å². The molecule has 98 valence electrons. The number of hydrogen-bond acceptors (Lipinski definition) is 2. The van der Waals surface area contributed by atoms with Crippen LogP contribution in [-0.4, -0.2) is 18.0 Å². The van der Waals surface area contributed by atoms with Crippen molar-refractivity contribution >= 4 is 5.78 Å². The molecule has 1 fully saturated rings. The normalized spacial score (nSPS) is 24.0. The van der Waals surface area contributed by atoms with E-state index in [1.807, 2.05) is 25.1 Å². The summed E-state index contributed by atoms with van der Waals surface area (Å²) in [5.74, 6) is 0.893. The number of Topliss-reactive ketones (excluding diaryl/α,β-unsaturated/α-hetero) is 1. The molecular formula is C16H22O2. The van der Waals surface area contributed by atoms with E-state index in [-0.39, 0.29) is 11.7 Å². The number of carbonyl (C=O) groups excluding carboxylic acids is 1. The summed E-state index contributed by atoms with van der Waals surface area (Å²) in [6.07, 6.45) is 1.77.